The summed E-state index contributed by atoms with van der Waals surface area (Å²) in [6.45, 7) is 2.09. The number of rotatable bonds is 0. The predicted molar refractivity (Wildman–Crippen MR) is 42.6 cm³/mol. The average Bonchev–Trinajstić information content (AvgIpc) is 2.35. The largest absolute Gasteiger partial charge is 0.308 e. The van der Waals surface area contributed by atoms with Crippen molar-refractivity contribution in [2.45, 2.75) is 13.1 Å². The molecule has 1 aliphatic rings. The summed E-state index contributed by atoms with van der Waals surface area (Å²) in [5.41, 5.74) is 2.92. The molecule has 9 heavy (non-hydrogen) atoms. The minimum absolute atomic E-state index is 1.04. The molecule has 0 aliphatic carbocycles. The van der Waals surface area contributed by atoms with Gasteiger partial charge in [-0.3, -0.25) is 0 Å². The molecule has 2 rings (SSSR count). The molecule has 0 aromatic carbocycles. The molecular weight excluding hydrogens is 198 g/mol. The minimum atomic E-state index is 1.04. The highest BCUT2D eigenvalue weighted by molar-refractivity contribution is 9.11. The van der Waals surface area contributed by atoms with Crippen LogP contribution < -0.4 is 5.32 Å². The van der Waals surface area contributed by atoms with Gasteiger partial charge in [-0.1, -0.05) is 0 Å². The predicted octanol–water partition coefficient (Wildman–Crippen LogP) is 2.11. The Hall–Kier alpha value is 0.140. The molecule has 2 heterocycles. The van der Waals surface area contributed by atoms with Gasteiger partial charge in [0, 0.05) is 13.1 Å². The van der Waals surface area contributed by atoms with Gasteiger partial charge in [0.25, 0.3) is 0 Å². The van der Waals surface area contributed by atoms with E-state index in [0.29, 0.717) is 0 Å². The Kier molecular flexibility index (Phi) is 1.36. The third-order valence-corrected chi connectivity index (χ3v) is 3.44. The molecule has 0 saturated carbocycles. The van der Waals surface area contributed by atoms with Gasteiger partial charge in [-0.15, -0.1) is 11.3 Å². The first-order valence-corrected chi connectivity index (χ1v) is 4.50. The summed E-state index contributed by atoms with van der Waals surface area (Å²) in [6, 6.07) is 0. The molecule has 1 N–H and O–H groups in total. The van der Waals surface area contributed by atoms with Crippen LogP contribution in [0.4, 0.5) is 0 Å². The highest BCUT2D eigenvalue weighted by Crippen LogP contribution is 2.30. The lowest BCUT2D eigenvalue weighted by atomic mass is 10.2. The molecule has 0 spiro atoms. The van der Waals surface area contributed by atoms with Gasteiger partial charge in [0.1, 0.15) is 0 Å². The van der Waals surface area contributed by atoms with E-state index in [1.807, 2.05) is 0 Å². The van der Waals surface area contributed by atoms with Gasteiger partial charge in [0.15, 0.2) is 0 Å². The van der Waals surface area contributed by atoms with Gasteiger partial charge in [0.05, 0.1) is 3.79 Å². The second kappa shape index (κ2) is 2.08. The lowest BCUT2D eigenvalue weighted by Crippen LogP contribution is -2.00. The Balaban J connectivity index is 2.56. The third kappa shape index (κ3) is 0.838. The minimum Gasteiger partial charge on any atom is -0.308 e. The summed E-state index contributed by atoms with van der Waals surface area (Å²) >= 11 is 5.28. The van der Waals surface area contributed by atoms with Crippen molar-refractivity contribution in [3.63, 3.8) is 0 Å². The average molecular weight is 204 g/mol. The summed E-state index contributed by atoms with van der Waals surface area (Å²) < 4.78 is 1.29. The van der Waals surface area contributed by atoms with E-state index in [0.717, 1.165) is 13.1 Å². The molecule has 0 atom stereocenters. The van der Waals surface area contributed by atoms with Crippen molar-refractivity contribution in [3.05, 3.63) is 20.3 Å². The number of nitrogens with one attached hydrogen (secondary N) is 1. The number of fused-ring (bicyclic) bond motifs is 1. The van der Waals surface area contributed by atoms with Crippen molar-refractivity contribution in [1.29, 1.82) is 0 Å². The van der Waals surface area contributed by atoms with Crippen LogP contribution in [0, 0.1) is 0 Å². The maximum absolute atomic E-state index is 3.50. The topological polar surface area (TPSA) is 12.0 Å². The standard InChI is InChI=1S/C6H6BrNS/c7-6-5-2-8-1-4(5)3-9-6/h3,8H,1-2H2. The van der Waals surface area contributed by atoms with Crippen molar-refractivity contribution in [1.82, 2.24) is 5.32 Å². The Morgan fingerprint density at radius 3 is 3.22 bits per heavy atom. The Bertz CT molecular complexity index is 231. The van der Waals surface area contributed by atoms with Crippen molar-refractivity contribution in [2.24, 2.45) is 0 Å². The molecule has 0 bridgehead atoms. The molecule has 0 unspecified atom stereocenters. The zero-order valence-electron chi connectivity index (χ0n) is 4.78. The van der Waals surface area contributed by atoms with Gasteiger partial charge in [0.2, 0.25) is 0 Å². The molecule has 1 aromatic heterocycles. The van der Waals surface area contributed by atoms with Crippen LogP contribution in [0.25, 0.3) is 0 Å². The van der Waals surface area contributed by atoms with E-state index in [1.54, 1.807) is 11.3 Å². The van der Waals surface area contributed by atoms with E-state index in [2.05, 4.69) is 26.6 Å². The molecule has 1 aliphatic heterocycles. The van der Waals surface area contributed by atoms with E-state index in [4.69, 9.17) is 0 Å². The van der Waals surface area contributed by atoms with Crippen LogP contribution >= 0.6 is 27.3 Å². The van der Waals surface area contributed by atoms with Gasteiger partial charge < -0.3 is 5.32 Å². The van der Waals surface area contributed by atoms with E-state index in [-0.39, 0.29) is 0 Å². The zero-order valence-corrected chi connectivity index (χ0v) is 7.18. The van der Waals surface area contributed by atoms with Crippen LogP contribution in [-0.2, 0) is 13.1 Å². The normalized spacial score (nSPS) is 16.1. The number of halogens is 1. The molecule has 0 amide bonds. The number of hydrogen-bond acceptors (Lipinski definition) is 2. The summed E-state index contributed by atoms with van der Waals surface area (Å²) in [5, 5.41) is 5.49. The third-order valence-electron chi connectivity index (χ3n) is 1.55. The highest BCUT2D eigenvalue weighted by atomic mass is 79.9. The molecule has 1 nitrogen and oxygen atoms in total. The van der Waals surface area contributed by atoms with Gasteiger partial charge in [-0.2, -0.15) is 0 Å². The molecule has 0 radical (unpaired) electrons. The summed E-state index contributed by atoms with van der Waals surface area (Å²) in [6.07, 6.45) is 0. The van der Waals surface area contributed by atoms with E-state index >= 15 is 0 Å². The molecular formula is C6H6BrNS. The fraction of sp³-hybridized carbons (Fsp3) is 0.333. The first-order chi connectivity index (χ1) is 4.38. The van der Waals surface area contributed by atoms with Crippen molar-refractivity contribution in [2.75, 3.05) is 0 Å². The van der Waals surface area contributed by atoms with Crippen LogP contribution in [0.2, 0.25) is 0 Å². The maximum atomic E-state index is 3.50. The number of thiophene rings is 1. The second-order valence-electron chi connectivity index (χ2n) is 2.12. The molecule has 3 heteroatoms. The van der Waals surface area contributed by atoms with E-state index < -0.39 is 0 Å². The van der Waals surface area contributed by atoms with Crippen LogP contribution in [0.3, 0.4) is 0 Å². The molecule has 0 fully saturated rings. The van der Waals surface area contributed by atoms with Gasteiger partial charge in [-0.05, 0) is 32.4 Å². The summed E-state index contributed by atoms with van der Waals surface area (Å²) in [4.78, 5) is 0. The van der Waals surface area contributed by atoms with Crippen molar-refractivity contribution < 1.29 is 0 Å². The molecule has 48 valence electrons. The van der Waals surface area contributed by atoms with Crippen molar-refractivity contribution >= 4 is 27.3 Å². The Morgan fingerprint density at radius 1 is 1.56 bits per heavy atom. The summed E-state index contributed by atoms with van der Waals surface area (Å²) in [7, 11) is 0. The number of hydrogen-bond donors (Lipinski definition) is 1. The quantitative estimate of drug-likeness (QED) is 0.682. The SMILES string of the molecule is Brc1scc2c1CNC2. The van der Waals surface area contributed by atoms with Crippen LogP contribution in [0.15, 0.2) is 9.17 Å². The Morgan fingerprint density at radius 2 is 2.44 bits per heavy atom. The zero-order chi connectivity index (χ0) is 6.27. The fourth-order valence-corrected chi connectivity index (χ4v) is 2.54. The van der Waals surface area contributed by atoms with Crippen LogP contribution in [-0.4, -0.2) is 0 Å². The lowest BCUT2D eigenvalue weighted by molar-refractivity contribution is 0.764. The van der Waals surface area contributed by atoms with E-state index in [9.17, 15) is 0 Å². The molecule has 1 aromatic rings. The van der Waals surface area contributed by atoms with E-state index in [1.165, 1.54) is 14.9 Å². The van der Waals surface area contributed by atoms with Gasteiger partial charge >= 0.3 is 0 Å². The monoisotopic (exact) mass is 203 g/mol. The highest BCUT2D eigenvalue weighted by Gasteiger charge is 2.13. The van der Waals surface area contributed by atoms with Crippen LogP contribution in [0.5, 0.6) is 0 Å². The molecule has 0 saturated heterocycles. The lowest BCUT2D eigenvalue weighted by Gasteiger charge is -1.86. The smallest absolute Gasteiger partial charge is 0.0746 e. The first-order valence-electron chi connectivity index (χ1n) is 2.83. The van der Waals surface area contributed by atoms with Crippen molar-refractivity contribution in [3.8, 4) is 0 Å². The van der Waals surface area contributed by atoms with Crippen LogP contribution in [0.1, 0.15) is 11.1 Å². The summed E-state index contributed by atoms with van der Waals surface area (Å²) in [5.74, 6) is 0. The van der Waals surface area contributed by atoms with Gasteiger partial charge in [-0.25, -0.2) is 0 Å². The second-order valence-corrected chi connectivity index (χ2v) is 4.31. The first kappa shape index (κ1) is 5.89. The fourth-order valence-electron chi connectivity index (χ4n) is 1.04. The Labute approximate surface area is 66.2 Å². The maximum Gasteiger partial charge on any atom is 0.0746 e.